The number of hydrogen-bond acceptors (Lipinski definition) is 3. The third-order valence-corrected chi connectivity index (χ3v) is 3.50. The quantitative estimate of drug-likeness (QED) is 0.909. The molecule has 1 aliphatic heterocycles. The van der Waals surface area contributed by atoms with Crippen molar-refractivity contribution in [2.45, 2.75) is 25.0 Å². The standard InChI is InChI=1S/C12H15BrO3/c1-15-10-4-2-3-9(13)12(10)11-7-8(14)5-6-16-11/h2-4,8,11,14H,5-7H2,1H3. The number of aliphatic hydroxyl groups is 1. The van der Waals surface area contributed by atoms with Crippen LogP contribution >= 0.6 is 15.9 Å². The molecule has 0 aliphatic carbocycles. The fourth-order valence-corrected chi connectivity index (χ4v) is 2.59. The van der Waals surface area contributed by atoms with Gasteiger partial charge >= 0.3 is 0 Å². The molecule has 1 aromatic carbocycles. The number of aliphatic hydroxyl groups excluding tert-OH is 1. The second kappa shape index (κ2) is 5.17. The van der Waals surface area contributed by atoms with Crippen LogP contribution in [0.25, 0.3) is 0 Å². The molecule has 16 heavy (non-hydrogen) atoms. The predicted octanol–water partition coefficient (Wildman–Crippen LogP) is 2.67. The van der Waals surface area contributed by atoms with Gasteiger partial charge < -0.3 is 14.6 Å². The molecule has 2 rings (SSSR count). The fraction of sp³-hybridized carbons (Fsp3) is 0.500. The van der Waals surface area contributed by atoms with Crippen LogP contribution in [0.2, 0.25) is 0 Å². The summed E-state index contributed by atoms with van der Waals surface area (Å²) in [5, 5.41) is 9.66. The zero-order valence-electron chi connectivity index (χ0n) is 9.15. The molecule has 0 bridgehead atoms. The highest BCUT2D eigenvalue weighted by molar-refractivity contribution is 9.10. The molecule has 1 aromatic rings. The summed E-state index contributed by atoms with van der Waals surface area (Å²) in [6, 6.07) is 5.79. The van der Waals surface area contributed by atoms with E-state index in [1.807, 2.05) is 18.2 Å². The van der Waals surface area contributed by atoms with E-state index in [-0.39, 0.29) is 12.2 Å². The molecule has 3 nitrogen and oxygen atoms in total. The number of rotatable bonds is 2. The minimum atomic E-state index is -0.282. The molecule has 2 unspecified atom stereocenters. The van der Waals surface area contributed by atoms with Gasteiger partial charge in [0.2, 0.25) is 0 Å². The summed E-state index contributed by atoms with van der Waals surface area (Å²) in [6.45, 7) is 0.594. The van der Waals surface area contributed by atoms with Crippen molar-refractivity contribution in [3.8, 4) is 5.75 Å². The molecule has 1 fully saturated rings. The first-order valence-electron chi connectivity index (χ1n) is 5.34. The summed E-state index contributed by atoms with van der Waals surface area (Å²) < 4.78 is 12.0. The highest BCUT2D eigenvalue weighted by atomic mass is 79.9. The van der Waals surface area contributed by atoms with Gasteiger partial charge in [-0.25, -0.2) is 0 Å². The van der Waals surface area contributed by atoms with Crippen LogP contribution in [0, 0.1) is 0 Å². The van der Waals surface area contributed by atoms with E-state index in [9.17, 15) is 5.11 Å². The molecule has 0 saturated carbocycles. The molecule has 1 heterocycles. The van der Waals surface area contributed by atoms with Gasteiger partial charge in [-0.2, -0.15) is 0 Å². The Morgan fingerprint density at radius 1 is 1.50 bits per heavy atom. The Hall–Kier alpha value is -0.580. The molecule has 1 N–H and O–H groups in total. The third-order valence-electron chi connectivity index (χ3n) is 2.81. The topological polar surface area (TPSA) is 38.7 Å². The molecule has 0 radical (unpaired) electrons. The number of ether oxygens (including phenoxy) is 2. The van der Waals surface area contributed by atoms with Crippen LogP contribution in [0.3, 0.4) is 0 Å². The SMILES string of the molecule is COc1cccc(Br)c1C1CC(O)CCO1. The Kier molecular flexibility index (Phi) is 3.84. The summed E-state index contributed by atoms with van der Waals surface area (Å²) in [7, 11) is 1.64. The Labute approximate surface area is 104 Å². The monoisotopic (exact) mass is 286 g/mol. The van der Waals surface area contributed by atoms with Gasteiger partial charge in [-0.05, 0) is 18.6 Å². The largest absolute Gasteiger partial charge is 0.496 e. The lowest BCUT2D eigenvalue weighted by atomic mass is 9.98. The van der Waals surface area contributed by atoms with Crippen molar-refractivity contribution in [2.24, 2.45) is 0 Å². The minimum absolute atomic E-state index is 0.0886. The summed E-state index contributed by atoms with van der Waals surface area (Å²) in [5.41, 5.74) is 0.990. The molecule has 4 heteroatoms. The zero-order chi connectivity index (χ0) is 11.5. The summed E-state index contributed by atoms with van der Waals surface area (Å²) in [4.78, 5) is 0. The van der Waals surface area contributed by atoms with Crippen LogP contribution in [0.5, 0.6) is 5.75 Å². The van der Waals surface area contributed by atoms with Crippen LogP contribution in [0.15, 0.2) is 22.7 Å². The third kappa shape index (κ3) is 2.39. The van der Waals surface area contributed by atoms with Gasteiger partial charge in [-0.3, -0.25) is 0 Å². The zero-order valence-corrected chi connectivity index (χ0v) is 10.7. The van der Waals surface area contributed by atoms with Gasteiger partial charge in [-0.1, -0.05) is 22.0 Å². The predicted molar refractivity (Wildman–Crippen MR) is 64.6 cm³/mol. The average molecular weight is 287 g/mol. The lowest BCUT2D eigenvalue weighted by Gasteiger charge is -2.28. The first-order chi connectivity index (χ1) is 7.72. The van der Waals surface area contributed by atoms with Crippen molar-refractivity contribution in [2.75, 3.05) is 13.7 Å². The van der Waals surface area contributed by atoms with E-state index in [1.165, 1.54) is 0 Å². The van der Waals surface area contributed by atoms with E-state index in [2.05, 4.69) is 15.9 Å². The first-order valence-corrected chi connectivity index (χ1v) is 6.13. The van der Waals surface area contributed by atoms with Crippen molar-refractivity contribution < 1.29 is 14.6 Å². The van der Waals surface area contributed by atoms with Crippen LogP contribution in [-0.2, 0) is 4.74 Å². The second-order valence-electron chi connectivity index (χ2n) is 3.89. The van der Waals surface area contributed by atoms with Crippen LogP contribution in [0.4, 0.5) is 0 Å². The van der Waals surface area contributed by atoms with Gasteiger partial charge in [0, 0.05) is 23.1 Å². The van der Waals surface area contributed by atoms with Gasteiger partial charge in [0.25, 0.3) is 0 Å². The Morgan fingerprint density at radius 2 is 2.31 bits per heavy atom. The normalized spacial score (nSPS) is 25.4. The van der Waals surface area contributed by atoms with Gasteiger partial charge in [-0.15, -0.1) is 0 Å². The molecule has 88 valence electrons. The van der Waals surface area contributed by atoms with Crippen molar-refractivity contribution in [3.63, 3.8) is 0 Å². The lowest BCUT2D eigenvalue weighted by Crippen LogP contribution is -2.24. The van der Waals surface area contributed by atoms with Crippen molar-refractivity contribution in [3.05, 3.63) is 28.2 Å². The molecule has 0 amide bonds. The summed E-state index contributed by atoms with van der Waals surface area (Å²) in [6.07, 6.45) is 0.965. The maximum atomic E-state index is 9.66. The van der Waals surface area contributed by atoms with Crippen LogP contribution in [-0.4, -0.2) is 24.9 Å². The van der Waals surface area contributed by atoms with Gasteiger partial charge in [0.05, 0.1) is 19.3 Å². The van der Waals surface area contributed by atoms with E-state index in [0.29, 0.717) is 19.4 Å². The smallest absolute Gasteiger partial charge is 0.125 e. The fourth-order valence-electron chi connectivity index (χ4n) is 1.99. The summed E-state index contributed by atoms with van der Waals surface area (Å²) in [5.74, 6) is 0.800. The van der Waals surface area contributed by atoms with Gasteiger partial charge in [0.15, 0.2) is 0 Å². The van der Waals surface area contributed by atoms with Crippen molar-refractivity contribution >= 4 is 15.9 Å². The number of halogens is 1. The molecular weight excluding hydrogens is 272 g/mol. The molecular formula is C12H15BrO3. The van der Waals surface area contributed by atoms with Gasteiger partial charge in [0.1, 0.15) is 5.75 Å². The average Bonchev–Trinajstić information content (AvgIpc) is 2.28. The summed E-state index contributed by atoms with van der Waals surface area (Å²) >= 11 is 3.50. The maximum Gasteiger partial charge on any atom is 0.125 e. The first kappa shape index (κ1) is 11.9. The van der Waals surface area contributed by atoms with Crippen LogP contribution in [0.1, 0.15) is 24.5 Å². The van der Waals surface area contributed by atoms with E-state index in [1.54, 1.807) is 7.11 Å². The molecule has 2 atom stereocenters. The Balaban J connectivity index is 2.30. The molecule has 1 saturated heterocycles. The highest BCUT2D eigenvalue weighted by Gasteiger charge is 2.26. The molecule has 1 aliphatic rings. The van der Waals surface area contributed by atoms with E-state index < -0.39 is 0 Å². The van der Waals surface area contributed by atoms with Crippen molar-refractivity contribution in [1.29, 1.82) is 0 Å². The maximum absolute atomic E-state index is 9.66. The Bertz CT molecular complexity index is 367. The number of benzene rings is 1. The van der Waals surface area contributed by atoms with E-state index in [4.69, 9.17) is 9.47 Å². The van der Waals surface area contributed by atoms with E-state index >= 15 is 0 Å². The second-order valence-corrected chi connectivity index (χ2v) is 4.75. The molecule has 0 spiro atoms. The Morgan fingerprint density at radius 3 is 3.00 bits per heavy atom. The van der Waals surface area contributed by atoms with Crippen molar-refractivity contribution in [1.82, 2.24) is 0 Å². The number of methoxy groups -OCH3 is 1. The minimum Gasteiger partial charge on any atom is -0.496 e. The van der Waals surface area contributed by atoms with E-state index in [0.717, 1.165) is 15.8 Å². The lowest BCUT2D eigenvalue weighted by molar-refractivity contribution is -0.0458. The van der Waals surface area contributed by atoms with Crippen LogP contribution < -0.4 is 4.74 Å². The number of hydrogen-bond donors (Lipinski definition) is 1. The molecule has 0 aromatic heterocycles. The highest BCUT2D eigenvalue weighted by Crippen LogP contribution is 2.38.